The minimum absolute atomic E-state index is 0.229. The molecule has 3 aliphatic rings. The van der Waals surface area contributed by atoms with Crippen LogP contribution in [-0.4, -0.2) is 69.7 Å². The van der Waals surface area contributed by atoms with Crippen LogP contribution < -0.4 is 10.6 Å². The highest BCUT2D eigenvalue weighted by Crippen LogP contribution is 2.53. The molecule has 1 aromatic heterocycles. The number of thioether (sulfide) groups is 1. The first-order valence-electron chi connectivity index (χ1n) is 10.5. The van der Waals surface area contributed by atoms with Gasteiger partial charge in [0.15, 0.2) is 0 Å². The van der Waals surface area contributed by atoms with Gasteiger partial charge in [-0.2, -0.15) is 4.90 Å². The fourth-order valence-electron chi connectivity index (χ4n) is 4.55. The first-order valence-corrected chi connectivity index (χ1v) is 12.2. The number of carbonyl (C=O) groups excluding carboxylic acids is 4. The molecule has 13 heteroatoms. The third kappa shape index (κ3) is 3.63. The number of urea groups is 1. The van der Waals surface area contributed by atoms with Gasteiger partial charge in [0.2, 0.25) is 11.8 Å². The number of amides is 5. The normalized spacial score (nSPS) is 24.2. The van der Waals surface area contributed by atoms with Gasteiger partial charge < -0.3 is 15.4 Å². The molecule has 178 valence electrons. The molecule has 2 fully saturated rings. The second kappa shape index (κ2) is 8.64. The quantitative estimate of drug-likeness (QED) is 0.602. The minimum atomic E-state index is -1.17. The van der Waals surface area contributed by atoms with Crippen LogP contribution in [0.15, 0.2) is 34.1 Å². The standard InChI is InChI=1S/C21H19FN4O6S2/c22-11-3-1-10(2-4-11)13-14-15(18(29)26(17(14)28)20(23)30)33-19-16(13)34-21(31)25(19)9-12(27)24-5-7-32-8-6-24/h1-4,13-15H,5-9H2,(H2,23,30)/t13-,14+,15-/m0/s1. The third-order valence-corrected chi connectivity index (χ3v) is 8.76. The summed E-state index contributed by atoms with van der Waals surface area (Å²) in [5, 5.41) is -0.624. The summed E-state index contributed by atoms with van der Waals surface area (Å²) in [6, 6.07) is 4.23. The number of hydrogen-bond donors (Lipinski definition) is 1. The number of imide groups is 3. The second-order valence-corrected chi connectivity index (χ2v) is 10.2. The van der Waals surface area contributed by atoms with E-state index in [2.05, 4.69) is 0 Å². The van der Waals surface area contributed by atoms with Crippen LogP contribution in [0.3, 0.4) is 0 Å². The van der Waals surface area contributed by atoms with E-state index in [9.17, 15) is 28.4 Å². The number of nitrogens with two attached hydrogens (primary N) is 1. The van der Waals surface area contributed by atoms with Gasteiger partial charge >= 0.3 is 10.9 Å². The largest absolute Gasteiger partial charge is 0.378 e. The molecule has 0 unspecified atom stereocenters. The molecule has 0 aliphatic carbocycles. The van der Waals surface area contributed by atoms with Crippen LogP contribution in [0.5, 0.6) is 0 Å². The van der Waals surface area contributed by atoms with Crippen molar-refractivity contribution in [3.8, 4) is 0 Å². The van der Waals surface area contributed by atoms with Gasteiger partial charge in [-0.25, -0.2) is 9.18 Å². The van der Waals surface area contributed by atoms with Crippen LogP contribution in [0.2, 0.25) is 0 Å². The van der Waals surface area contributed by atoms with E-state index in [1.54, 1.807) is 4.90 Å². The monoisotopic (exact) mass is 506 g/mol. The molecule has 3 aliphatic heterocycles. The lowest BCUT2D eigenvalue weighted by atomic mass is 9.83. The van der Waals surface area contributed by atoms with Crippen LogP contribution in [0.1, 0.15) is 16.4 Å². The van der Waals surface area contributed by atoms with Gasteiger partial charge in [0, 0.05) is 23.9 Å². The molecule has 3 atom stereocenters. The molecule has 2 aromatic rings. The highest BCUT2D eigenvalue weighted by Gasteiger charge is 2.57. The maximum absolute atomic E-state index is 13.6. The Balaban J connectivity index is 1.59. The van der Waals surface area contributed by atoms with Gasteiger partial charge in [-0.3, -0.25) is 23.7 Å². The predicted molar refractivity (Wildman–Crippen MR) is 119 cm³/mol. The maximum Gasteiger partial charge on any atom is 0.328 e. The lowest BCUT2D eigenvalue weighted by molar-refractivity contribution is -0.137. The number of likely N-dealkylation sites (tertiary alicyclic amines) is 1. The number of aromatic nitrogens is 1. The number of ether oxygens (including phenoxy) is 1. The van der Waals surface area contributed by atoms with Crippen molar-refractivity contribution in [3.05, 3.63) is 50.2 Å². The van der Waals surface area contributed by atoms with Gasteiger partial charge in [0.05, 0.1) is 24.2 Å². The molecule has 5 amide bonds. The zero-order valence-corrected chi connectivity index (χ0v) is 19.3. The fourth-order valence-corrected chi connectivity index (χ4v) is 7.32. The molecule has 0 radical (unpaired) electrons. The number of nitrogens with zero attached hydrogens (tertiary/aromatic N) is 3. The Morgan fingerprint density at radius 2 is 1.76 bits per heavy atom. The summed E-state index contributed by atoms with van der Waals surface area (Å²) >= 11 is 1.86. The molecule has 4 heterocycles. The summed E-state index contributed by atoms with van der Waals surface area (Å²) in [7, 11) is 0. The number of benzene rings is 1. The Morgan fingerprint density at radius 1 is 1.09 bits per heavy atom. The highest BCUT2D eigenvalue weighted by molar-refractivity contribution is 8.00. The number of carbonyl (C=O) groups is 4. The average molecular weight is 507 g/mol. The van der Waals surface area contributed by atoms with Crippen molar-refractivity contribution < 1.29 is 28.3 Å². The number of hydrogen-bond acceptors (Lipinski definition) is 8. The molecule has 5 rings (SSSR count). The highest BCUT2D eigenvalue weighted by atomic mass is 32.2. The summed E-state index contributed by atoms with van der Waals surface area (Å²) in [6.07, 6.45) is 0. The summed E-state index contributed by atoms with van der Waals surface area (Å²) in [4.78, 5) is 65.8. The van der Waals surface area contributed by atoms with E-state index in [-0.39, 0.29) is 12.5 Å². The Labute approximate surface area is 200 Å². The summed E-state index contributed by atoms with van der Waals surface area (Å²) in [6.45, 7) is 1.42. The molecule has 2 N–H and O–H groups in total. The Morgan fingerprint density at radius 3 is 2.41 bits per heavy atom. The Hall–Kier alpha value is -3.03. The van der Waals surface area contributed by atoms with Crippen molar-refractivity contribution >= 4 is 46.9 Å². The SMILES string of the molecule is NC(=O)N1C(=O)[C@@H]2[C@H](c3ccc(F)cc3)c3sc(=O)n(CC(=O)N4CCOCC4)c3S[C@@H]2C1=O. The molecular formula is C21H19FN4O6S2. The number of halogens is 1. The van der Waals surface area contributed by atoms with Gasteiger partial charge in [0.1, 0.15) is 17.6 Å². The van der Waals surface area contributed by atoms with Crippen molar-refractivity contribution in [2.75, 3.05) is 26.3 Å². The first kappa shape index (κ1) is 22.7. The van der Waals surface area contributed by atoms with Gasteiger partial charge in [-0.05, 0) is 17.7 Å². The van der Waals surface area contributed by atoms with Gasteiger partial charge in [-0.15, -0.1) is 0 Å². The van der Waals surface area contributed by atoms with Crippen molar-refractivity contribution in [3.63, 3.8) is 0 Å². The number of thiazole rings is 1. The summed E-state index contributed by atoms with van der Waals surface area (Å²) in [5.74, 6) is -4.05. The lowest BCUT2D eigenvalue weighted by Gasteiger charge is -2.31. The van der Waals surface area contributed by atoms with Crippen LogP contribution in [0.4, 0.5) is 9.18 Å². The molecule has 0 saturated carbocycles. The fraction of sp³-hybridized carbons (Fsp3) is 0.381. The van der Waals surface area contributed by atoms with Crippen LogP contribution in [-0.2, 0) is 25.7 Å². The smallest absolute Gasteiger partial charge is 0.328 e. The van der Waals surface area contributed by atoms with E-state index in [1.807, 2.05) is 0 Å². The number of primary amides is 1. The summed E-state index contributed by atoms with van der Waals surface area (Å²) < 4.78 is 20.2. The molecule has 0 bridgehead atoms. The van der Waals surface area contributed by atoms with Gasteiger partial charge in [0.25, 0.3) is 5.91 Å². The second-order valence-electron chi connectivity index (χ2n) is 8.06. The summed E-state index contributed by atoms with van der Waals surface area (Å²) in [5.41, 5.74) is 5.81. The maximum atomic E-state index is 13.6. The van der Waals surface area contributed by atoms with E-state index >= 15 is 0 Å². The molecule has 34 heavy (non-hydrogen) atoms. The Kier molecular flexibility index (Phi) is 5.78. The van der Waals surface area contributed by atoms with E-state index < -0.39 is 45.6 Å². The number of fused-ring (bicyclic) bond motifs is 2. The van der Waals surface area contributed by atoms with Crippen LogP contribution in [0.25, 0.3) is 0 Å². The topological polar surface area (TPSA) is 132 Å². The van der Waals surface area contributed by atoms with Crippen molar-refractivity contribution in [1.29, 1.82) is 0 Å². The molecule has 2 saturated heterocycles. The van der Waals surface area contributed by atoms with E-state index in [4.69, 9.17) is 10.5 Å². The number of morpholine rings is 1. The van der Waals surface area contributed by atoms with Crippen LogP contribution >= 0.6 is 23.1 Å². The van der Waals surface area contributed by atoms with Crippen molar-refractivity contribution in [1.82, 2.24) is 14.4 Å². The van der Waals surface area contributed by atoms with Crippen molar-refractivity contribution in [2.45, 2.75) is 22.7 Å². The van der Waals surface area contributed by atoms with Crippen LogP contribution in [0, 0.1) is 11.7 Å². The zero-order chi connectivity index (χ0) is 24.1. The minimum Gasteiger partial charge on any atom is -0.378 e. The molecule has 10 nitrogen and oxygen atoms in total. The van der Waals surface area contributed by atoms with E-state index in [0.717, 1.165) is 23.1 Å². The van der Waals surface area contributed by atoms with Crippen molar-refractivity contribution in [2.24, 2.45) is 11.7 Å². The first-order chi connectivity index (χ1) is 16.3. The predicted octanol–water partition coefficient (Wildman–Crippen LogP) is 0.578. The molecular weight excluding hydrogens is 487 g/mol. The van der Waals surface area contributed by atoms with E-state index in [0.29, 0.717) is 46.7 Å². The lowest BCUT2D eigenvalue weighted by Crippen LogP contribution is -2.43. The molecule has 0 spiro atoms. The zero-order valence-electron chi connectivity index (χ0n) is 17.6. The number of rotatable bonds is 3. The third-order valence-electron chi connectivity index (χ3n) is 6.16. The Bertz CT molecular complexity index is 1250. The van der Waals surface area contributed by atoms with E-state index in [1.165, 1.54) is 28.8 Å². The van der Waals surface area contributed by atoms with Gasteiger partial charge in [-0.1, -0.05) is 35.2 Å². The molecule has 1 aromatic carbocycles. The average Bonchev–Trinajstić information content (AvgIpc) is 3.26.